The number of likely N-dealkylation sites (tertiary alicyclic amines) is 1. The molecule has 0 aliphatic carbocycles. The molecule has 8 heteroatoms. The molecule has 2 atom stereocenters. The zero-order chi connectivity index (χ0) is 17.8. The molecule has 0 saturated carbocycles. The fraction of sp³-hybridized carbons (Fsp3) is 0.474. The summed E-state index contributed by atoms with van der Waals surface area (Å²) in [6, 6.07) is 9.49. The van der Waals surface area contributed by atoms with Crippen LogP contribution < -0.4 is 5.73 Å². The third-order valence-corrected chi connectivity index (χ3v) is 4.92. The van der Waals surface area contributed by atoms with Crippen molar-refractivity contribution >= 4 is 30.7 Å². The summed E-state index contributed by atoms with van der Waals surface area (Å²) in [6.45, 7) is 3.67. The van der Waals surface area contributed by atoms with Crippen LogP contribution in [0.15, 0.2) is 42.7 Å². The molecule has 0 spiro atoms. The number of amides is 1. The molecule has 3 N–H and O–H groups in total. The molecule has 1 aromatic carbocycles. The molecule has 1 aliphatic heterocycles. The van der Waals surface area contributed by atoms with Crippen LogP contribution in [0.1, 0.15) is 37.1 Å². The lowest BCUT2D eigenvalue weighted by molar-refractivity contribution is -0.135. The normalized spacial score (nSPS) is 16.8. The van der Waals surface area contributed by atoms with Crippen molar-refractivity contribution in [3.05, 3.63) is 54.1 Å². The maximum absolute atomic E-state index is 12.3. The van der Waals surface area contributed by atoms with E-state index >= 15 is 0 Å². The highest BCUT2D eigenvalue weighted by Crippen LogP contribution is 2.27. The van der Waals surface area contributed by atoms with Crippen molar-refractivity contribution in [1.29, 1.82) is 0 Å². The van der Waals surface area contributed by atoms with Gasteiger partial charge < -0.3 is 20.3 Å². The molecule has 27 heavy (non-hydrogen) atoms. The smallest absolute Gasteiger partial charge is 0.242 e. The van der Waals surface area contributed by atoms with Gasteiger partial charge in [0.2, 0.25) is 5.91 Å². The Hall–Kier alpha value is -1.60. The van der Waals surface area contributed by atoms with Gasteiger partial charge in [-0.2, -0.15) is 0 Å². The van der Waals surface area contributed by atoms with Crippen molar-refractivity contribution in [3.8, 4) is 0 Å². The molecule has 0 bridgehead atoms. The molecular formula is C19H28Cl2N4O2. The number of aliphatic hydroxyl groups is 1. The summed E-state index contributed by atoms with van der Waals surface area (Å²) < 4.78 is 2.19. The van der Waals surface area contributed by atoms with Gasteiger partial charge in [0.05, 0.1) is 6.10 Å². The van der Waals surface area contributed by atoms with E-state index in [4.69, 9.17) is 5.73 Å². The van der Waals surface area contributed by atoms with Crippen molar-refractivity contribution in [3.63, 3.8) is 0 Å². The molecule has 0 unspecified atom stereocenters. The lowest BCUT2D eigenvalue weighted by Gasteiger charge is -2.34. The predicted molar refractivity (Wildman–Crippen MR) is 110 cm³/mol. The van der Waals surface area contributed by atoms with Gasteiger partial charge in [0, 0.05) is 37.9 Å². The molecule has 6 nitrogen and oxygen atoms in total. The highest BCUT2D eigenvalue weighted by atomic mass is 35.5. The Labute approximate surface area is 172 Å². The summed E-state index contributed by atoms with van der Waals surface area (Å²) in [5.74, 6) is 1.25. The van der Waals surface area contributed by atoms with Crippen LogP contribution in [-0.2, 0) is 11.3 Å². The Bertz CT molecular complexity index is 701. The van der Waals surface area contributed by atoms with E-state index in [-0.39, 0.29) is 30.7 Å². The fourth-order valence-corrected chi connectivity index (χ4v) is 3.37. The first-order chi connectivity index (χ1) is 12.1. The van der Waals surface area contributed by atoms with Crippen LogP contribution in [0.3, 0.4) is 0 Å². The second kappa shape index (κ2) is 10.7. The summed E-state index contributed by atoms with van der Waals surface area (Å²) in [4.78, 5) is 18.6. The zero-order valence-corrected chi connectivity index (χ0v) is 17.0. The number of hydrogen-bond donors (Lipinski definition) is 2. The zero-order valence-electron chi connectivity index (χ0n) is 15.4. The Balaban J connectivity index is 0.00000182. The molecular weight excluding hydrogens is 387 g/mol. The number of rotatable bonds is 5. The minimum atomic E-state index is -0.836. The molecule has 2 heterocycles. The van der Waals surface area contributed by atoms with Gasteiger partial charge in [-0.15, -0.1) is 24.8 Å². The van der Waals surface area contributed by atoms with Crippen LogP contribution in [0.4, 0.5) is 0 Å². The molecule has 2 aromatic rings. The van der Waals surface area contributed by atoms with Gasteiger partial charge in [0.25, 0.3) is 0 Å². The number of benzene rings is 1. The maximum Gasteiger partial charge on any atom is 0.242 e. The fourth-order valence-electron chi connectivity index (χ4n) is 3.37. The second-order valence-corrected chi connectivity index (χ2v) is 6.76. The van der Waals surface area contributed by atoms with Crippen LogP contribution in [0.25, 0.3) is 0 Å². The van der Waals surface area contributed by atoms with Crippen LogP contribution in [0.5, 0.6) is 0 Å². The maximum atomic E-state index is 12.3. The number of aromatic nitrogens is 2. The molecule has 1 fully saturated rings. The average molecular weight is 415 g/mol. The number of piperidine rings is 1. The van der Waals surface area contributed by atoms with E-state index in [1.807, 2.05) is 30.6 Å². The number of hydrogen-bond acceptors (Lipinski definition) is 4. The van der Waals surface area contributed by atoms with E-state index in [0.29, 0.717) is 19.0 Å². The van der Waals surface area contributed by atoms with Gasteiger partial charge in [0.1, 0.15) is 11.9 Å². The number of carbonyl (C=O) groups is 1. The molecule has 1 aromatic heterocycles. The summed E-state index contributed by atoms with van der Waals surface area (Å²) in [6.07, 6.45) is 4.77. The minimum Gasteiger partial charge on any atom is -0.391 e. The van der Waals surface area contributed by atoms with E-state index in [9.17, 15) is 9.90 Å². The van der Waals surface area contributed by atoms with Crippen LogP contribution in [0.2, 0.25) is 0 Å². The van der Waals surface area contributed by atoms with E-state index < -0.39 is 12.1 Å². The standard InChI is InChI=1S/C19H26N4O2.2ClH/c1-14(24)17(20)19(25)22-10-7-16(8-11-22)18-21-9-12-23(18)13-15-5-3-2-4-6-15;;/h2-6,9,12,14,16-17,24H,7-8,10-11,13,20H2,1H3;2*1H/t14-,17+;;/m1../s1. The van der Waals surface area contributed by atoms with Crippen molar-refractivity contribution < 1.29 is 9.90 Å². The Kier molecular flexibility index (Phi) is 9.26. The van der Waals surface area contributed by atoms with E-state index in [0.717, 1.165) is 25.2 Å². The van der Waals surface area contributed by atoms with Crippen LogP contribution in [0, 0.1) is 0 Å². The largest absolute Gasteiger partial charge is 0.391 e. The molecule has 1 aliphatic rings. The van der Waals surface area contributed by atoms with Crippen molar-refractivity contribution in [1.82, 2.24) is 14.5 Å². The Morgan fingerprint density at radius 3 is 2.48 bits per heavy atom. The third-order valence-electron chi connectivity index (χ3n) is 4.92. The molecule has 1 saturated heterocycles. The first-order valence-electron chi connectivity index (χ1n) is 8.83. The van der Waals surface area contributed by atoms with E-state index in [1.54, 1.807) is 11.8 Å². The Morgan fingerprint density at radius 1 is 1.26 bits per heavy atom. The number of aliphatic hydroxyl groups excluding tert-OH is 1. The second-order valence-electron chi connectivity index (χ2n) is 6.76. The molecule has 150 valence electrons. The van der Waals surface area contributed by atoms with Crippen LogP contribution >= 0.6 is 24.8 Å². The summed E-state index contributed by atoms with van der Waals surface area (Å²) in [7, 11) is 0. The number of nitrogens with zero attached hydrogens (tertiary/aromatic N) is 3. The number of halogens is 2. The molecule has 0 radical (unpaired) electrons. The third kappa shape index (κ3) is 5.69. The number of imidazole rings is 1. The van der Waals surface area contributed by atoms with Gasteiger partial charge >= 0.3 is 0 Å². The van der Waals surface area contributed by atoms with Crippen LogP contribution in [-0.4, -0.2) is 50.7 Å². The van der Waals surface area contributed by atoms with E-state index in [2.05, 4.69) is 21.7 Å². The predicted octanol–water partition coefficient (Wildman–Crippen LogP) is 2.19. The lowest BCUT2D eigenvalue weighted by Crippen LogP contribution is -2.51. The van der Waals surface area contributed by atoms with Gasteiger partial charge in [-0.1, -0.05) is 30.3 Å². The SMILES string of the molecule is C[C@@H](O)[C@H](N)C(=O)N1CCC(c2nccn2Cc2ccccc2)CC1.Cl.Cl. The molecule has 1 amide bonds. The monoisotopic (exact) mass is 414 g/mol. The van der Waals surface area contributed by atoms with Gasteiger partial charge in [0.15, 0.2) is 0 Å². The minimum absolute atomic E-state index is 0. The van der Waals surface area contributed by atoms with E-state index in [1.165, 1.54) is 5.56 Å². The first kappa shape index (κ1) is 23.4. The van der Waals surface area contributed by atoms with Crippen molar-refractivity contribution in [2.24, 2.45) is 5.73 Å². The highest BCUT2D eigenvalue weighted by molar-refractivity contribution is 5.85. The quantitative estimate of drug-likeness (QED) is 0.784. The summed E-state index contributed by atoms with van der Waals surface area (Å²) in [5, 5.41) is 9.51. The van der Waals surface area contributed by atoms with Gasteiger partial charge in [-0.3, -0.25) is 4.79 Å². The molecule has 3 rings (SSSR count). The first-order valence-corrected chi connectivity index (χ1v) is 8.83. The van der Waals surface area contributed by atoms with Crippen molar-refractivity contribution in [2.75, 3.05) is 13.1 Å². The summed E-state index contributed by atoms with van der Waals surface area (Å²) in [5.41, 5.74) is 7.02. The topological polar surface area (TPSA) is 84.4 Å². The number of nitrogens with two attached hydrogens (primary N) is 1. The van der Waals surface area contributed by atoms with Gasteiger partial charge in [-0.05, 0) is 25.3 Å². The van der Waals surface area contributed by atoms with Crippen molar-refractivity contribution in [2.45, 2.75) is 44.4 Å². The summed E-state index contributed by atoms with van der Waals surface area (Å²) >= 11 is 0. The lowest BCUT2D eigenvalue weighted by atomic mass is 9.95. The highest BCUT2D eigenvalue weighted by Gasteiger charge is 2.30. The van der Waals surface area contributed by atoms with Gasteiger partial charge in [-0.25, -0.2) is 4.98 Å². The number of carbonyl (C=O) groups excluding carboxylic acids is 1. The average Bonchev–Trinajstić information content (AvgIpc) is 3.09. The Morgan fingerprint density at radius 2 is 1.89 bits per heavy atom.